The minimum absolute atomic E-state index is 0.113. The van der Waals surface area contributed by atoms with E-state index in [1.807, 2.05) is 6.26 Å². The van der Waals surface area contributed by atoms with E-state index in [1.165, 1.54) is 11.8 Å². The first-order chi connectivity index (χ1) is 5.13. The molecular weight excluding hydrogens is 176 g/mol. The van der Waals surface area contributed by atoms with Crippen LogP contribution in [0.4, 0.5) is 0 Å². The molecule has 0 unspecified atom stereocenters. The van der Waals surface area contributed by atoms with Crippen molar-refractivity contribution in [3.63, 3.8) is 0 Å². The summed E-state index contributed by atoms with van der Waals surface area (Å²) in [5.41, 5.74) is 0. The molecule has 0 amide bonds. The van der Waals surface area contributed by atoms with Crippen molar-refractivity contribution in [3.8, 4) is 0 Å². The van der Waals surface area contributed by atoms with Gasteiger partial charge in [0.15, 0.2) is 0 Å². The van der Waals surface area contributed by atoms with Gasteiger partial charge < -0.3 is 0 Å². The molecule has 0 aliphatic carbocycles. The van der Waals surface area contributed by atoms with E-state index >= 15 is 0 Å². The van der Waals surface area contributed by atoms with E-state index in [9.17, 15) is 4.79 Å². The van der Waals surface area contributed by atoms with Crippen molar-refractivity contribution in [2.45, 2.75) is 13.3 Å². The number of thiocarbonyl (C=S) groups is 1. The zero-order chi connectivity index (χ0) is 8.85. The van der Waals surface area contributed by atoms with Crippen molar-refractivity contribution in [3.05, 3.63) is 12.7 Å². The molecule has 0 aromatic rings. The first kappa shape index (κ1) is 10.8. The Morgan fingerprint density at radius 1 is 1.82 bits per heavy atom. The minimum Gasteiger partial charge on any atom is -0.299 e. The molecule has 1 atom stereocenters. The Labute approximate surface area is 77.2 Å². The van der Waals surface area contributed by atoms with E-state index in [0.29, 0.717) is 6.42 Å². The van der Waals surface area contributed by atoms with Crippen molar-refractivity contribution < 1.29 is 4.79 Å². The number of allylic oxidation sites excluding steroid dienone is 1. The summed E-state index contributed by atoms with van der Waals surface area (Å²) in [7, 11) is 0. The van der Waals surface area contributed by atoms with E-state index in [1.54, 1.807) is 13.0 Å². The topological polar surface area (TPSA) is 17.1 Å². The van der Waals surface area contributed by atoms with Crippen LogP contribution in [0.15, 0.2) is 12.7 Å². The average Bonchev–Trinajstić information content (AvgIpc) is 1.98. The van der Waals surface area contributed by atoms with E-state index in [-0.39, 0.29) is 11.7 Å². The predicted molar refractivity (Wildman–Crippen MR) is 55.1 cm³/mol. The van der Waals surface area contributed by atoms with Crippen molar-refractivity contribution in [1.29, 1.82) is 0 Å². The van der Waals surface area contributed by atoms with E-state index in [0.717, 1.165) is 4.20 Å². The number of thioether (sulfide) groups is 1. The first-order valence-electron chi connectivity index (χ1n) is 3.32. The Kier molecular flexibility index (Phi) is 5.42. The Balaban J connectivity index is 4.20. The van der Waals surface area contributed by atoms with Gasteiger partial charge in [-0.25, -0.2) is 0 Å². The summed E-state index contributed by atoms with van der Waals surface area (Å²) < 4.78 is 0.761. The fraction of sp³-hybridized carbons (Fsp3) is 0.500. The quantitative estimate of drug-likeness (QED) is 0.498. The van der Waals surface area contributed by atoms with Gasteiger partial charge in [0, 0.05) is 0 Å². The summed E-state index contributed by atoms with van der Waals surface area (Å²) in [6, 6.07) is 0. The zero-order valence-corrected chi connectivity index (χ0v) is 8.43. The molecule has 0 aromatic carbocycles. The molecular formula is C8H12OS2. The Bertz CT molecular complexity index is 175. The second-order valence-electron chi connectivity index (χ2n) is 2.21. The normalized spacial score (nSPS) is 12.2. The highest BCUT2D eigenvalue weighted by Gasteiger charge is 2.16. The smallest absolute Gasteiger partial charge is 0.138 e. The Hall–Kier alpha value is -0.150. The highest BCUT2D eigenvalue weighted by molar-refractivity contribution is 8.22. The average molecular weight is 188 g/mol. The van der Waals surface area contributed by atoms with Gasteiger partial charge in [0.1, 0.15) is 5.78 Å². The maximum atomic E-state index is 11.0. The van der Waals surface area contributed by atoms with Crippen LogP contribution in [0.25, 0.3) is 0 Å². The molecule has 0 saturated heterocycles. The van der Waals surface area contributed by atoms with Gasteiger partial charge in [0.2, 0.25) is 0 Å². The van der Waals surface area contributed by atoms with Crippen molar-refractivity contribution in [2.75, 3.05) is 6.26 Å². The molecule has 0 saturated carbocycles. The third-order valence-corrected chi connectivity index (χ3v) is 2.85. The predicted octanol–water partition coefficient (Wildman–Crippen LogP) is 2.46. The minimum atomic E-state index is -0.113. The van der Waals surface area contributed by atoms with Crippen molar-refractivity contribution in [2.24, 2.45) is 5.92 Å². The Morgan fingerprint density at radius 3 is 2.64 bits per heavy atom. The molecule has 0 N–H and O–H groups in total. The molecule has 0 rings (SSSR count). The summed E-state index contributed by atoms with van der Waals surface area (Å²) in [5, 5.41) is 0. The largest absolute Gasteiger partial charge is 0.299 e. The molecule has 3 heteroatoms. The number of carbonyl (C=O) groups is 1. The number of ketones is 1. The fourth-order valence-corrected chi connectivity index (χ4v) is 1.55. The monoisotopic (exact) mass is 188 g/mol. The molecule has 0 fully saturated rings. The summed E-state index contributed by atoms with van der Waals surface area (Å²) in [4.78, 5) is 11.0. The molecule has 0 spiro atoms. The van der Waals surface area contributed by atoms with E-state index < -0.39 is 0 Å². The lowest BCUT2D eigenvalue weighted by Crippen LogP contribution is -2.16. The SMILES string of the molecule is C=CC[C@@H](C(C)=O)C(=S)SC. The maximum absolute atomic E-state index is 11.0. The van der Waals surface area contributed by atoms with Crippen LogP contribution < -0.4 is 0 Å². The lowest BCUT2D eigenvalue weighted by Gasteiger charge is -2.09. The molecule has 0 bridgehead atoms. The maximum Gasteiger partial charge on any atom is 0.138 e. The van der Waals surface area contributed by atoms with Crippen molar-refractivity contribution in [1.82, 2.24) is 0 Å². The first-order valence-corrected chi connectivity index (χ1v) is 4.96. The molecule has 11 heavy (non-hydrogen) atoms. The summed E-state index contributed by atoms with van der Waals surface area (Å²) in [6.45, 7) is 5.14. The van der Waals surface area contributed by atoms with Crippen LogP contribution in [0, 0.1) is 5.92 Å². The molecule has 0 aromatic heterocycles. The van der Waals surface area contributed by atoms with E-state index in [4.69, 9.17) is 12.2 Å². The van der Waals surface area contributed by atoms with Gasteiger partial charge in [-0.3, -0.25) is 4.79 Å². The van der Waals surface area contributed by atoms with Crippen LogP contribution in [0.2, 0.25) is 0 Å². The van der Waals surface area contributed by atoms with Gasteiger partial charge in [0.25, 0.3) is 0 Å². The lowest BCUT2D eigenvalue weighted by molar-refractivity contribution is -0.118. The number of Topliss-reactive ketones (excluding diaryl/α,β-unsaturated/α-hetero) is 1. The number of hydrogen-bond donors (Lipinski definition) is 0. The fourth-order valence-electron chi connectivity index (χ4n) is 0.737. The second-order valence-corrected chi connectivity index (χ2v) is 3.76. The number of hydrogen-bond acceptors (Lipinski definition) is 3. The van der Waals surface area contributed by atoms with Gasteiger partial charge in [-0.1, -0.05) is 18.3 Å². The van der Waals surface area contributed by atoms with Crippen LogP contribution in [0.3, 0.4) is 0 Å². The number of rotatable bonds is 4. The van der Waals surface area contributed by atoms with Crippen LogP contribution in [0.1, 0.15) is 13.3 Å². The van der Waals surface area contributed by atoms with Gasteiger partial charge in [-0.2, -0.15) is 0 Å². The van der Waals surface area contributed by atoms with Crippen LogP contribution in [-0.4, -0.2) is 16.2 Å². The lowest BCUT2D eigenvalue weighted by atomic mass is 10.0. The van der Waals surface area contributed by atoms with Crippen LogP contribution in [-0.2, 0) is 4.79 Å². The highest BCUT2D eigenvalue weighted by atomic mass is 32.2. The third kappa shape index (κ3) is 3.68. The molecule has 0 aliphatic heterocycles. The van der Waals surface area contributed by atoms with Crippen LogP contribution in [0.5, 0.6) is 0 Å². The van der Waals surface area contributed by atoms with Crippen molar-refractivity contribution >= 4 is 34.0 Å². The molecule has 0 aliphatic rings. The second kappa shape index (κ2) is 5.49. The van der Waals surface area contributed by atoms with Gasteiger partial charge in [0.05, 0.1) is 10.1 Å². The molecule has 1 nitrogen and oxygen atoms in total. The summed E-state index contributed by atoms with van der Waals surface area (Å²) in [5.74, 6) is 0.0155. The van der Waals surface area contributed by atoms with Gasteiger partial charge >= 0.3 is 0 Å². The standard InChI is InChI=1S/C8H12OS2/c1-4-5-7(6(2)9)8(10)11-3/h4,7H,1,5H2,2-3H3/t7-/m0/s1. The number of carbonyl (C=O) groups excluding carboxylic acids is 1. The van der Waals surface area contributed by atoms with E-state index in [2.05, 4.69) is 6.58 Å². The van der Waals surface area contributed by atoms with Gasteiger partial charge in [-0.15, -0.1) is 18.3 Å². The van der Waals surface area contributed by atoms with Crippen LogP contribution >= 0.6 is 24.0 Å². The summed E-state index contributed by atoms with van der Waals surface area (Å²) >= 11 is 6.48. The molecule has 0 heterocycles. The van der Waals surface area contributed by atoms with Gasteiger partial charge in [-0.05, 0) is 19.6 Å². The molecule has 62 valence electrons. The molecule has 0 radical (unpaired) electrons. The highest BCUT2D eigenvalue weighted by Crippen LogP contribution is 2.15. The third-order valence-electron chi connectivity index (χ3n) is 1.38. The summed E-state index contributed by atoms with van der Waals surface area (Å²) in [6.07, 6.45) is 4.28. The zero-order valence-electron chi connectivity index (χ0n) is 6.79. The Morgan fingerprint density at radius 2 is 2.36 bits per heavy atom.